The summed E-state index contributed by atoms with van der Waals surface area (Å²) in [5, 5.41) is 2.59. The molecule has 35 heavy (non-hydrogen) atoms. The van der Waals surface area contributed by atoms with Crippen LogP contribution < -0.4 is 5.32 Å². The van der Waals surface area contributed by atoms with Crippen LogP contribution in [0, 0.1) is 0 Å². The predicted molar refractivity (Wildman–Crippen MR) is 129 cm³/mol. The minimum Gasteiger partial charge on any atom is -0.449 e. The number of ether oxygens (including phenoxy) is 1. The lowest BCUT2D eigenvalue weighted by Gasteiger charge is -2.27. The summed E-state index contributed by atoms with van der Waals surface area (Å²) in [6.07, 6.45) is 3.80. The zero-order chi connectivity index (χ0) is 24.2. The third-order valence-corrected chi connectivity index (χ3v) is 7.59. The Hall–Kier alpha value is -4.00. The van der Waals surface area contributed by atoms with Gasteiger partial charge in [0.25, 0.3) is 5.91 Å². The highest BCUT2D eigenvalue weighted by atomic mass is 16.6. The zero-order valence-corrected chi connectivity index (χ0v) is 19.4. The van der Waals surface area contributed by atoms with Gasteiger partial charge in [0.15, 0.2) is 5.60 Å². The summed E-state index contributed by atoms with van der Waals surface area (Å²) >= 11 is 0. The van der Waals surface area contributed by atoms with E-state index in [2.05, 4.69) is 10.3 Å². The number of nitrogens with zero attached hydrogens (tertiary/aromatic N) is 2. The number of aromatic nitrogens is 1. The first-order valence-electron chi connectivity index (χ1n) is 11.9. The fourth-order valence-electron chi connectivity index (χ4n) is 5.46. The first kappa shape index (κ1) is 21.5. The van der Waals surface area contributed by atoms with Gasteiger partial charge < -0.3 is 15.0 Å². The van der Waals surface area contributed by atoms with Crippen LogP contribution in [0.15, 0.2) is 66.9 Å². The molecule has 7 nitrogen and oxygen atoms in total. The second kappa shape index (κ2) is 7.77. The molecule has 6 rings (SSSR count). The van der Waals surface area contributed by atoms with E-state index in [9.17, 15) is 14.4 Å². The maximum absolute atomic E-state index is 13.7. The van der Waals surface area contributed by atoms with Crippen molar-refractivity contribution >= 4 is 17.8 Å². The number of carbonyl (C=O) groups excluding carboxylic acids is 3. The maximum Gasteiger partial charge on any atom is 0.339 e. The van der Waals surface area contributed by atoms with Crippen molar-refractivity contribution in [2.75, 3.05) is 20.1 Å². The summed E-state index contributed by atoms with van der Waals surface area (Å²) in [6.45, 7) is 0.970. The van der Waals surface area contributed by atoms with E-state index in [-0.39, 0.29) is 17.8 Å². The monoisotopic (exact) mass is 467 g/mol. The molecule has 1 atom stereocenters. The molecule has 176 valence electrons. The molecule has 2 amide bonds. The Morgan fingerprint density at radius 2 is 1.77 bits per heavy atom. The first-order valence-corrected chi connectivity index (χ1v) is 11.9. The lowest BCUT2D eigenvalue weighted by molar-refractivity contribution is -0.134. The van der Waals surface area contributed by atoms with Crippen molar-refractivity contribution in [3.05, 3.63) is 89.1 Å². The van der Waals surface area contributed by atoms with Crippen molar-refractivity contribution in [1.29, 1.82) is 0 Å². The van der Waals surface area contributed by atoms with E-state index >= 15 is 0 Å². The van der Waals surface area contributed by atoms with E-state index in [0.29, 0.717) is 30.6 Å². The Labute approximate surface area is 203 Å². The van der Waals surface area contributed by atoms with E-state index < -0.39 is 11.0 Å². The van der Waals surface area contributed by atoms with Crippen LogP contribution in [-0.4, -0.2) is 47.8 Å². The van der Waals surface area contributed by atoms with Gasteiger partial charge in [0.2, 0.25) is 5.91 Å². The van der Waals surface area contributed by atoms with Gasteiger partial charge >= 0.3 is 5.97 Å². The van der Waals surface area contributed by atoms with Crippen molar-refractivity contribution in [2.45, 2.75) is 30.3 Å². The zero-order valence-electron chi connectivity index (χ0n) is 19.4. The first-order chi connectivity index (χ1) is 17.0. The van der Waals surface area contributed by atoms with Gasteiger partial charge in [0.1, 0.15) is 0 Å². The molecule has 1 unspecified atom stereocenters. The fraction of sp³-hybridized carbons (Fsp3) is 0.286. The quantitative estimate of drug-likeness (QED) is 0.594. The van der Waals surface area contributed by atoms with Gasteiger partial charge in [-0.1, -0.05) is 42.5 Å². The highest BCUT2D eigenvalue weighted by molar-refractivity contribution is 5.96. The van der Waals surface area contributed by atoms with Gasteiger partial charge in [-0.15, -0.1) is 0 Å². The molecule has 1 saturated carbocycles. The molecule has 0 bridgehead atoms. The summed E-state index contributed by atoms with van der Waals surface area (Å²) in [6, 6.07) is 19.0. The minimum absolute atomic E-state index is 0.107. The molecule has 7 heteroatoms. The molecule has 1 spiro atoms. The molecule has 3 aromatic rings. The molecule has 1 aliphatic carbocycles. The van der Waals surface area contributed by atoms with Crippen LogP contribution in [0.1, 0.15) is 51.1 Å². The van der Waals surface area contributed by atoms with Crippen LogP contribution >= 0.6 is 0 Å². The van der Waals surface area contributed by atoms with Crippen LogP contribution in [0.5, 0.6) is 0 Å². The summed E-state index contributed by atoms with van der Waals surface area (Å²) < 4.78 is 5.83. The highest BCUT2D eigenvalue weighted by Gasteiger charge is 2.57. The van der Waals surface area contributed by atoms with E-state index in [1.807, 2.05) is 53.4 Å². The molecule has 1 aromatic heterocycles. The number of amides is 2. The lowest BCUT2D eigenvalue weighted by Crippen LogP contribution is -2.40. The van der Waals surface area contributed by atoms with Crippen LogP contribution in [-0.2, 0) is 20.5 Å². The van der Waals surface area contributed by atoms with Crippen LogP contribution in [0.3, 0.4) is 0 Å². The smallest absolute Gasteiger partial charge is 0.339 e. The number of hydrogen-bond acceptors (Lipinski definition) is 5. The largest absolute Gasteiger partial charge is 0.449 e. The Morgan fingerprint density at radius 1 is 1.00 bits per heavy atom. The summed E-state index contributed by atoms with van der Waals surface area (Å²) in [4.78, 5) is 44.1. The van der Waals surface area contributed by atoms with E-state index in [1.54, 1.807) is 25.4 Å². The number of pyridine rings is 1. The molecule has 3 aliphatic rings. The molecule has 0 radical (unpaired) electrons. The minimum atomic E-state index is -0.726. The highest BCUT2D eigenvalue weighted by Crippen LogP contribution is 2.52. The van der Waals surface area contributed by atoms with Gasteiger partial charge in [-0.25, -0.2) is 4.79 Å². The molecule has 2 aliphatic heterocycles. The number of likely N-dealkylation sites (tertiary alicyclic amines) is 1. The van der Waals surface area contributed by atoms with Gasteiger partial charge in [0, 0.05) is 37.3 Å². The Morgan fingerprint density at radius 3 is 2.46 bits per heavy atom. The Balaban J connectivity index is 1.20. The molecule has 1 N–H and O–H groups in total. The summed E-state index contributed by atoms with van der Waals surface area (Å²) in [5.74, 6) is -0.368. The summed E-state index contributed by atoms with van der Waals surface area (Å²) in [5.41, 5.74) is 3.46. The number of fused-ring (bicyclic) bond motifs is 2. The van der Waals surface area contributed by atoms with E-state index in [0.717, 1.165) is 35.2 Å². The molecule has 3 heterocycles. The van der Waals surface area contributed by atoms with Crippen molar-refractivity contribution < 1.29 is 19.1 Å². The normalized spacial score (nSPS) is 21.5. The SMILES string of the molecule is CNC(=O)c1ccc(-c2ccc(C3(C(=O)N4CCC5(C4)OC(=O)c4ccccc45)CC3)cc2)nc1. The predicted octanol–water partition coefficient (Wildman–Crippen LogP) is 3.44. The van der Waals surface area contributed by atoms with Gasteiger partial charge in [-0.2, -0.15) is 0 Å². The average molecular weight is 468 g/mol. The van der Waals surface area contributed by atoms with Crippen molar-refractivity contribution in [2.24, 2.45) is 0 Å². The van der Waals surface area contributed by atoms with E-state index in [1.165, 1.54) is 0 Å². The number of benzene rings is 2. The molecule has 1 saturated heterocycles. The van der Waals surface area contributed by atoms with Gasteiger partial charge in [0.05, 0.1) is 28.8 Å². The second-order valence-electron chi connectivity index (χ2n) is 9.58. The molecular formula is C28H25N3O4. The Bertz CT molecular complexity index is 1350. The number of rotatable bonds is 4. The van der Waals surface area contributed by atoms with Crippen molar-refractivity contribution in [3.63, 3.8) is 0 Å². The number of carbonyl (C=O) groups is 3. The Kier molecular flexibility index (Phi) is 4.78. The molecular weight excluding hydrogens is 442 g/mol. The standard InChI is InChI=1S/C28H25N3O4/c1-29-24(32)19-8-11-23(30-16-19)18-6-9-20(10-7-18)27(12-13-27)26(34)31-15-14-28(17-31)22-5-3-2-4-21(22)25(33)35-28/h2-11,16H,12-15,17H2,1H3,(H,29,32). The topological polar surface area (TPSA) is 88.6 Å². The molecule has 2 aromatic carbocycles. The van der Waals surface area contributed by atoms with Crippen molar-refractivity contribution in [3.8, 4) is 11.3 Å². The number of hydrogen-bond donors (Lipinski definition) is 1. The van der Waals surface area contributed by atoms with Gasteiger partial charge in [-0.05, 0) is 36.6 Å². The third-order valence-electron chi connectivity index (χ3n) is 7.59. The number of nitrogens with one attached hydrogen (secondary N) is 1. The van der Waals surface area contributed by atoms with E-state index in [4.69, 9.17) is 4.74 Å². The van der Waals surface area contributed by atoms with Crippen LogP contribution in [0.4, 0.5) is 0 Å². The molecule has 2 fully saturated rings. The second-order valence-corrected chi connectivity index (χ2v) is 9.58. The number of esters is 1. The summed E-state index contributed by atoms with van der Waals surface area (Å²) in [7, 11) is 1.59. The third kappa shape index (κ3) is 3.33. The fourth-order valence-corrected chi connectivity index (χ4v) is 5.46. The average Bonchev–Trinajstić information content (AvgIpc) is 3.54. The van der Waals surface area contributed by atoms with Crippen LogP contribution in [0.25, 0.3) is 11.3 Å². The lowest BCUT2D eigenvalue weighted by atomic mass is 9.91. The van der Waals surface area contributed by atoms with Crippen LogP contribution in [0.2, 0.25) is 0 Å². The maximum atomic E-state index is 13.7. The van der Waals surface area contributed by atoms with Gasteiger partial charge in [-0.3, -0.25) is 14.6 Å². The van der Waals surface area contributed by atoms with Crippen molar-refractivity contribution in [1.82, 2.24) is 15.2 Å².